The maximum absolute atomic E-state index is 4.53. The highest BCUT2D eigenvalue weighted by atomic mass is 28.3. The summed E-state index contributed by atoms with van der Waals surface area (Å²) in [5, 5.41) is 0. The van der Waals surface area contributed by atoms with E-state index in [0.29, 0.717) is 0 Å². The summed E-state index contributed by atoms with van der Waals surface area (Å²) in [5.41, 5.74) is 0. The normalized spacial score (nSPS) is 3.00. The van der Waals surface area contributed by atoms with Crippen LogP contribution in [-0.4, -0.2) is 21.0 Å². The van der Waals surface area contributed by atoms with E-state index >= 15 is 0 Å². The molecule has 0 N–H and O–H groups in total. The van der Waals surface area contributed by atoms with Crippen molar-refractivity contribution in [2.75, 3.05) is 0 Å². The van der Waals surface area contributed by atoms with E-state index in [9.17, 15) is 0 Å². The summed E-state index contributed by atoms with van der Waals surface area (Å²) in [4.78, 5) is 0. The molecule has 3 heteroatoms. The van der Waals surface area contributed by atoms with E-state index in [1.807, 2.05) is 0 Å². The van der Waals surface area contributed by atoms with Crippen LogP contribution in [0, 0.1) is 0 Å². The van der Waals surface area contributed by atoms with Gasteiger partial charge in [-0.05, 0) is 0 Å². The third-order valence-electron chi connectivity index (χ3n) is 0. The molecule has 8 heavy (non-hydrogen) atoms. The maximum atomic E-state index is 4.53. The highest BCUT2D eigenvalue weighted by Gasteiger charge is 1.28. The Hall–Kier alpha value is 0.394. The van der Waals surface area contributed by atoms with Gasteiger partial charge in [0.05, 0.1) is 0 Å². The van der Waals surface area contributed by atoms with Gasteiger partial charge in [0.2, 0.25) is 0 Å². The predicted molar refractivity (Wildman–Crippen MR) is 54.6 cm³/mol. The standard InChI is InChI=1S/5CH4.H6OSi2/c;;;;;2-1-3/h5*1H4;2-3H3. The summed E-state index contributed by atoms with van der Waals surface area (Å²) in [6, 6.07) is 0. The maximum Gasteiger partial charge on any atom is 0.129 e. The van der Waals surface area contributed by atoms with Gasteiger partial charge in [-0.3, -0.25) is 0 Å². The van der Waals surface area contributed by atoms with Gasteiger partial charge in [0.1, 0.15) is 21.0 Å². The van der Waals surface area contributed by atoms with Gasteiger partial charge in [-0.1, -0.05) is 37.1 Å². The van der Waals surface area contributed by atoms with Crippen LogP contribution in [0.5, 0.6) is 0 Å². The highest BCUT2D eigenvalue weighted by Crippen LogP contribution is 1.20. The summed E-state index contributed by atoms with van der Waals surface area (Å²) in [6.45, 7) is 0. The van der Waals surface area contributed by atoms with Crippen LogP contribution in [0.1, 0.15) is 37.1 Å². The quantitative estimate of drug-likeness (QED) is 0.473. The molecule has 0 aromatic heterocycles. The zero-order valence-corrected chi connectivity index (χ0v) is 6.41. The Morgan fingerprint density at radius 3 is 0.625 bits per heavy atom. The summed E-state index contributed by atoms with van der Waals surface area (Å²) >= 11 is 0. The number of rotatable bonds is 0. The van der Waals surface area contributed by atoms with Crippen LogP contribution in [0.25, 0.3) is 0 Å². The molecule has 0 amide bonds. The summed E-state index contributed by atoms with van der Waals surface area (Å²) in [7, 11) is 1.86. The average molecular weight is 158 g/mol. The van der Waals surface area contributed by atoms with Gasteiger partial charge in [0.25, 0.3) is 0 Å². The lowest BCUT2D eigenvalue weighted by atomic mass is 12.0. The van der Waals surface area contributed by atoms with Crippen LogP contribution in [0.3, 0.4) is 0 Å². The van der Waals surface area contributed by atoms with Crippen molar-refractivity contribution in [1.82, 2.24) is 0 Å². The van der Waals surface area contributed by atoms with Gasteiger partial charge < -0.3 is 4.12 Å². The molecule has 0 radical (unpaired) electrons. The van der Waals surface area contributed by atoms with Crippen molar-refractivity contribution < 1.29 is 4.12 Å². The lowest BCUT2D eigenvalue weighted by molar-refractivity contribution is 0.690. The fraction of sp³-hybridized carbons (Fsp3) is 1.00. The smallest absolute Gasteiger partial charge is 0.129 e. The zero-order valence-electron chi connectivity index (χ0n) is 2.41. The van der Waals surface area contributed by atoms with Gasteiger partial charge in [0, 0.05) is 0 Å². The average Bonchev–Trinajstić information content (AvgIpc) is 0.918. The van der Waals surface area contributed by atoms with Crippen molar-refractivity contribution in [2.24, 2.45) is 0 Å². The fourth-order valence-electron chi connectivity index (χ4n) is 0. The van der Waals surface area contributed by atoms with Crippen molar-refractivity contribution in [1.29, 1.82) is 0 Å². The molecule has 0 aliphatic carbocycles. The first-order chi connectivity index (χ1) is 1.41. The SMILES string of the molecule is C.C.C.C.C.[SiH3]O[SiH3]. The van der Waals surface area contributed by atoms with E-state index in [-0.39, 0.29) is 37.1 Å². The van der Waals surface area contributed by atoms with Gasteiger partial charge in [-0.2, -0.15) is 0 Å². The van der Waals surface area contributed by atoms with Crippen LogP contribution >= 0.6 is 0 Å². The minimum Gasteiger partial charge on any atom is -0.471 e. The van der Waals surface area contributed by atoms with Crippen molar-refractivity contribution >= 4 is 21.0 Å². The molecule has 0 aromatic rings. The Bertz CT molecular complexity index is 10.4. The molecular weight excluding hydrogens is 132 g/mol. The molecule has 0 saturated heterocycles. The second-order valence-corrected chi connectivity index (χ2v) is 3.67. The van der Waals surface area contributed by atoms with Crippen LogP contribution in [-0.2, 0) is 4.12 Å². The first-order valence-corrected chi connectivity index (χ1v) is 2.45. The monoisotopic (exact) mass is 158 g/mol. The molecular formula is C5H26OSi2. The molecule has 0 fully saturated rings. The summed E-state index contributed by atoms with van der Waals surface area (Å²) < 4.78 is 4.53. The van der Waals surface area contributed by atoms with Gasteiger partial charge in [-0.25, -0.2) is 0 Å². The largest absolute Gasteiger partial charge is 0.471 e. The van der Waals surface area contributed by atoms with Crippen LogP contribution in [0.2, 0.25) is 0 Å². The number of hydrogen-bond donors (Lipinski definition) is 0. The van der Waals surface area contributed by atoms with Gasteiger partial charge >= 0.3 is 0 Å². The Labute approximate surface area is 62.9 Å². The number of hydrogen-bond acceptors (Lipinski definition) is 1. The third-order valence-corrected chi connectivity index (χ3v) is 0. The second kappa shape index (κ2) is 156. The summed E-state index contributed by atoms with van der Waals surface area (Å²) in [6.07, 6.45) is 0. The molecule has 0 aliphatic rings. The lowest BCUT2D eigenvalue weighted by Gasteiger charge is -1.62. The van der Waals surface area contributed by atoms with Crippen LogP contribution in [0.15, 0.2) is 0 Å². The minimum atomic E-state index is 0. The molecule has 0 aromatic carbocycles. The predicted octanol–water partition coefficient (Wildman–Crippen LogP) is 0.744. The first kappa shape index (κ1) is 80.1. The molecule has 0 aliphatic heterocycles. The van der Waals surface area contributed by atoms with Gasteiger partial charge in [-0.15, -0.1) is 0 Å². The van der Waals surface area contributed by atoms with Crippen molar-refractivity contribution in [2.45, 2.75) is 37.1 Å². The van der Waals surface area contributed by atoms with Gasteiger partial charge in [0.15, 0.2) is 0 Å². The Balaban J connectivity index is -0.00000000200. The topological polar surface area (TPSA) is 9.23 Å². The zero-order chi connectivity index (χ0) is 2.71. The van der Waals surface area contributed by atoms with Crippen molar-refractivity contribution in [3.63, 3.8) is 0 Å². The van der Waals surface area contributed by atoms with Crippen molar-refractivity contribution in [3.8, 4) is 0 Å². The highest BCUT2D eigenvalue weighted by molar-refractivity contribution is 6.15. The molecule has 60 valence electrons. The molecule has 0 heterocycles. The minimum absolute atomic E-state index is 0. The van der Waals surface area contributed by atoms with E-state index in [2.05, 4.69) is 4.12 Å². The third kappa shape index (κ3) is 1200. The molecule has 0 unspecified atom stereocenters. The molecule has 0 rings (SSSR count). The van der Waals surface area contributed by atoms with Crippen LogP contribution in [0.4, 0.5) is 0 Å². The molecule has 0 bridgehead atoms. The van der Waals surface area contributed by atoms with Crippen LogP contribution < -0.4 is 0 Å². The molecule has 1 nitrogen and oxygen atoms in total. The van der Waals surface area contributed by atoms with Crippen molar-refractivity contribution in [3.05, 3.63) is 0 Å². The fourth-order valence-corrected chi connectivity index (χ4v) is 0. The Morgan fingerprint density at radius 1 is 0.625 bits per heavy atom. The van der Waals surface area contributed by atoms with E-state index in [1.54, 1.807) is 0 Å². The first-order valence-electron chi connectivity index (χ1n) is 0.816. The van der Waals surface area contributed by atoms with E-state index in [4.69, 9.17) is 0 Å². The van der Waals surface area contributed by atoms with E-state index in [1.165, 1.54) is 0 Å². The molecule has 0 spiro atoms. The van der Waals surface area contributed by atoms with E-state index in [0.717, 1.165) is 21.0 Å². The molecule has 0 atom stereocenters. The van der Waals surface area contributed by atoms with E-state index < -0.39 is 0 Å². The Kier molecular flexibility index (Phi) is 1560. The Morgan fingerprint density at radius 2 is 0.625 bits per heavy atom. The molecule has 0 saturated carbocycles. The lowest BCUT2D eigenvalue weighted by Crippen LogP contribution is -1.65. The second-order valence-electron chi connectivity index (χ2n) is 0.408. The summed E-state index contributed by atoms with van der Waals surface area (Å²) in [5.74, 6) is 0.